The lowest BCUT2D eigenvalue weighted by Gasteiger charge is -2.14. The Morgan fingerprint density at radius 2 is 2.38 bits per heavy atom. The standard InChI is InChI=1S/C12H15NO3/c1-16-8-4-5-9(12(14)15)10(7-8)11-3-2-6-13-11/h4-5,7,11,13H,2-3,6H2,1H3,(H,14,15)/t11-/m1/s1. The molecule has 1 aliphatic rings. The molecular weight excluding hydrogens is 206 g/mol. The van der Waals surface area contributed by atoms with Crippen molar-refractivity contribution in [3.05, 3.63) is 29.3 Å². The second-order valence-electron chi connectivity index (χ2n) is 3.91. The van der Waals surface area contributed by atoms with Gasteiger partial charge in [-0.1, -0.05) is 0 Å². The minimum atomic E-state index is -0.883. The van der Waals surface area contributed by atoms with Crippen LogP contribution in [0.15, 0.2) is 18.2 Å². The first-order chi connectivity index (χ1) is 7.72. The Morgan fingerprint density at radius 3 is 2.94 bits per heavy atom. The van der Waals surface area contributed by atoms with Crippen LogP contribution < -0.4 is 10.1 Å². The summed E-state index contributed by atoms with van der Waals surface area (Å²) in [7, 11) is 1.58. The molecule has 16 heavy (non-hydrogen) atoms. The van der Waals surface area contributed by atoms with Gasteiger partial charge in [0.1, 0.15) is 5.75 Å². The lowest BCUT2D eigenvalue weighted by atomic mass is 9.99. The second kappa shape index (κ2) is 4.53. The molecule has 0 aliphatic carbocycles. The van der Waals surface area contributed by atoms with Crippen LogP contribution >= 0.6 is 0 Å². The van der Waals surface area contributed by atoms with Crippen molar-refractivity contribution in [3.63, 3.8) is 0 Å². The number of methoxy groups -OCH3 is 1. The average molecular weight is 221 g/mol. The Labute approximate surface area is 94.2 Å². The van der Waals surface area contributed by atoms with Gasteiger partial charge in [-0.25, -0.2) is 4.79 Å². The molecular formula is C12H15NO3. The molecule has 1 aliphatic heterocycles. The highest BCUT2D eigenvalue weighted by Crippen LogP contribution is 2.29. The lowest BCUT2D eigenvalue weighted by molar-refractivity contribution is 0.0695. The summed E-state index contributed by atoms with van der Waals surface area (Å²) in [5, 5.41) is 12.4. The highest BCUT2D eigenvalue weighted by atomic mass is 16.5. The molecule has 0 aromatic heterocycles. The number of hydrogen-bond donors (Lipinski definition) is 2. The summed E-state index contributed by atoms with van der Waals surface area (Å²) in [5.41, 5.74) is 1.18. The number of carbonyl (C=O) groups is 1. The number of ether oxygens (including phenoxy) is 1. The van der Waals surface area contributed by atoms with Gasteiger partial charge in [0.2, 0.25) is 0 Å². The Morgan fingerprint density at radius 1 is 1.56 bits per heavy atom. The summed E-state index contributed by atoms with van der Waals surface area (Å²) >= 11 is 0. The van der Waals surface area contributed by atoms with E-state index >= 15 is 0 Å². The maximum absolute atomic E-state index is 11.1. The summed E-state index contributed by atoms with van der Waals surface area (Å²) in [5.74, 6) is -0.181. The molecule has 1 heterocycles. The van der Waals surface area contributed by atoms with Crippen molar-refractivity contribution in [1.29, 1.82) is 0 Å². The number of rotatable bonds is 3. The molecule has 0 radical (unpaired) electrons. The van der Waals surface area contributed by atoms with Gasteiger partial charge in [-0.15, -0.1) is 0 Å². The molecule has 4 nitrogen and oxygen atoms in total. The smallest absolute Gasteiger partial charge is 0.336 e. The summed E-state index contributed by atoms with van der Waals surface area (Å²) < 4.78 is 5.13. The molecule has 1 aromatic carbocycles. The summed E-state index contributed by atoms with van der Waals surface area (Å²) in [4.78, 5) is 11.1. The van der Waals surface area contributed by atoms with Gasteiger partial charge in [-0.3, -0.25) is 0 Å². The van der Waals surface area contributed by atoms with Crippen molar-refractivity contribution >= 4 is 5.97 Å². The maximum Gasteiger partial charge on any atom is 0.336 e. The van der Waals surface area contributed by atoms with Gasteiger partial charge in [0.25, 0.3) is 0 Å². The first-order valence-corrected chi connectivity index (χ1v) is 5.37. The van der Waals surface area contributed by atoms with E-state index in [1.165, 1.54) is 0 Å². The van der Waals surface area contributed by atoms with E-state index in [0.717, 1.165) is 24.9 Å². The molecule has 1 saturated heterocycles. The molecule has 1 aromatic rings. The third kappa shape index (κ3) is 2.02. The van der Waals surface area contributed by atoms with Crippen LogP contribution in [0.25, 0.3) is 0 Å². The van der Waals surface area contributed by atoms with Crippen LogP contribution in [0.5, 0.6) is 5.75 Å². The molecule has 2 N–H and O–H groups in total. The highest BCUT2D eigenvalue weighted by molar-refractivity contribution is 5.89. The Hall–Kier alpha value is -1.55. The van der Waals surface area contributed by atoms with Crippen molar-refractivity contribution in [3.8, 4) is 5.75 Å². The highest BCUT2D eigenvalue weighted by Gasteiger charge is 2.22. The molecule has 0 unspecified atom stereocenters. The third-order valence-corrected chi connectivity index (χ3v) is 2.92. The maximum atomic E-state index is 11.1. The van der Waals surface area contributed by atoms with Crippen LogP contribution in [0, 0.1) is 0 Å². The zero-order chi connectivity index (χ0) is 11.5. The minimum absolute atomic E-state index is 0.140. The van der Waals surface area contributed by atoms with E-state index in [9.17, 15) is 4.79 Å². The zero-order valence-electron chi connectivity index (χ0n) is 9.19. The van der Waals surface area contributed by atoms with Crippen molar-refractivity contribution in [2.45, 2.75) is 18.9 Å². The molecule has 86 valence electrons. The normalized spacial score (nSPS) is 19.7. The first kappa shape index (κ1) is 11.0. The zero-order valence-corrected chi connectivity index (χ0v) is 9.19. The van der Waals surface area contributed by atoms with Crippen molar-refractivity contribution < 1.29 is 14.6 Å². The predicted molar refractivity (Wildman–Crippen MR) is 59.9 cm³/mol. The number of hydrogen-bond acceptors (Lipinski definition) is 3. The SMILES string of the molecule is COc1ccc(C(=O)O)c([C@H]2CCCN2)c1. The van der Waals surface area contributed by atoms with Crippen molar-refractivity contribution in [2.24, 2.45) is 0 Å². The van der Waals surface area contributed by atoms with Gasteiger partial charge < -0.3 is 15.2 Å². The fraction of sp³-hybridized carbons (Fsp3) is 0.417. The lowest BCUT2D eigenvalue weighted by Crippen LogP contribution is -2.16. The van der Waals surface area contributed by atoms with Gasteiger partial charge in [-0.05, 0) is 43.1 Å². The van der Waals surface area contributed by atoms with Crippen molar-refractivity contribution in [2.75, 3.05) is 13.7 Å². The van der Waals surface area contributed by atoms with E-state index in [0.29, 0.717) is 11.3 Å². The molecule has 0 amide bonds. The number of nitrogens with one attached hydrogen (secondary N) is 1. The molecule has 1 fully saturated rings. The number of benzene rings is 1. The minimum Gasteiger partial charge on any atom is -0.497 e. The fourth-order valence-electron chi connectivity index (χ4n) is 2.10. The molecule has 0 bridgehead atoms. The van der Waals surface area contributed by atoms with Crippen LogP contribution in [0.2, 0.25) is 0 Å². The van der Waals surface area contributed by atoms with Crippen LogP contribution in [0.3, 0.4) is 0 Å². The molecule has 4 heteroatoms. The van der Waals surface area contributed by atoms with Crippen LogP contribution in [0.1, 0.15) is 34.8 Å². The number of carboxylic acids is 1. The first-order valence-electron chi connectivity index (χ1n) is 5.37. The van der Waals surface area contributed by atoms with E-state index in [4.69, 9.17) is 9.84 Å². The van der Waals surface area contributed by atoms with Gasteiger partial charge >= 0.3 is 5.97 Å². The van der Waals surface area contributed by atoms with Gasteiger partial charge in [0, 0.05) is 6.04 Å². The van der Waals surface area contributed by atoms with Gasteiger partial charge in [0.05, 0.1) is 12.7 Å². The number of carboxylic acid groups (broad SMARTS) is 1. The summed E-state index contributed by atoms with van der Waals surface area (Å²) in [6, 6.07) is 5.24. The molecule has 2 rings (SSSR count). The van der Waals surface area contributed by atoms with Crippen LogP contribution in [-0.2, 0) is 0 Å². The van der Waals surface area contributed by atoms with E-state index in [1.807, 2.05) is 6.07 Å². The largest absolute Gasteiger partial charge is 0.497 e. The molecule has 1 atom stereocenters. The van der Waals surface area contributed by atoms with E-state index in [2.05, 4.69) is 5.32 Å². The Balaban J connectivity index is 2.40. The van der Waals surface area contributed by atoms with Crippen molar-refractivity contribution in [1.82, 2.24) is 5.32 Å². The van der Waals surface area contributed by atoms with E-state index < -0.39 is 5.97 Å². The average Bonchev–Trinajstić information content (AvgIpc) is 2.81. The number of aromatic carboxylic acids is 1. The van der Waals surface area contributed by atoms with Gasteiger partial charge in [-0.2, -0.15) is 0 Å². The Bertz CT molecular complexity index is 397. The van der Waals surface area contributed by atoms with Crippen LogP contribution in [0.4, 0.5) is 0 Å². The van der Waals surface area contributed by atoms with E-state index in [1.54, 1.807) is 19.2 Å². The summed E-state index contributed by atoms with van der Waals surface area (Å²) in [6.45, 7) is 0.945. The monoisotopic (exact) mass is 221 g/mol. The predicted octanol–water partition coefficient (Wildman–Crippen LogP) is 1.82. The Kier molecular flexibility index (Phi) is 3.10. The summed E-state index contributed by atoms with van der Waals surface area (Å²) in [6.07, 6.45) is 2.06. The van der Waals surface area contributed by atoms with Gasteiger partial charge in [0.15, 0.2) is 0 Å². The molecule has 0 spiro atoms. The fourth-order valence-corrected chi connectivity index (χ4v) is 2.10. The topological polar surface area (TPSA) is 58.6 Å². The second-order valence-corrected chi connectivity index (χ2v) is 3.91. The van der Waals surface area contributed by atoms with E-state index in [-0.39, 0.29) is 6.04 Å². The third-order valence-electron chi connectivity index (χ3n) is 2.92. The van der Waals surface area contributed by atoms with Crippen LogP contribution in [-0.4, -0.2) is 24.7 Å². The quantitative estimate of drug-likeness (QED) is 0.817. The molecule has 0 saturated carbocycles.